The van der Waals surface area contributed by atoms with E-state index in [1.807, 2.05) is 36.7 Å². The van der Waals surface area contributed by atoms with Crippen LogP contribution in [0, 0.1) is 0 Å². The topological polar surface area (TPSA) is 47.0 Å². The molecule has 0 fully saturated rings. The van der Waals surface area contributed by atoms with Gasteiger partial charge < -0.3 is 10.1 Å². The molecule has 0 amide bonds. The van der Waals surface area contributed by atoms with Gasteiger partial charge in [0.05, 0.1) is 7.11 Å². The maximum Gasteiger partial charge on any atom is 0.217 e. The molecular formula is C14H17N3O. The van der Waals surface area contributed by atoms with E-state index in [9.17, 15) is 0 Å². The predicted molar refractivity (Wildman–Crippen MR) is 70.4 cm³/mol. The number of aromatic nitrogens is 2. The Hall–Kier alpha value is -1.94. The Kier molecular flexibility index (Phi) is 4.67. The van der Waals surface area contributed by atoms with Crippen molar-refractivity contribution in [1.82, 2.24) is 15.3 Å². The number of pyridine rings is 2. The van der Waals surface area contributed by atoms with Gasteiger partial charge in [-0.05, 0) is 36.7 Å². The van der Waals surface area contributed by atoms with Gasteiger partial charge in [0, 0.05) is 30.7 Å². The SMILES string of the molecule is COc1ncccc1CNCCc1ccncc1. The molecule has 18 heavy (non-hydrogen) atoms. The van der Waals surface area contributed by atoms with Crippen molar-refractivity contribution in [3.8, 4) is 5.88 Å². The number of ether oxygens (including phenoxy) is 1. The second-order valence-electron chi connectivity index (χ2n) is 3.95. The van der Waals surface area contributed by atoms with Crippen molar-refractivity contribution in [3.63, 3.8) is 0 Å². The van der Waals surface area contributed by atoms with Gasteiger partial charge in [-0.15, -0.1) is 0 Å². The largest absolute Gasteiger partial charge is 0.481 e. The predicted octanol–water partition coefficient (Wildman–Crippen LogP) is 1.82. The molecule has 2 aromatic rings. The number of methoxy groups -OCH3 is 1. The lowest BCUT2D eigenvalue weighted by Gasteiger charge is -2.08. The first kappa shape index (κ1) is 12.5. The Morgan fingerprint density at radius 1 is 1.17 bits per heavy atom. The second kappa shape index (κ2) is 6.71. The maximum atomic E-state index is 5.20. The standard InChI is InChI=1S/C14H17N3O/c1-18-14-13(3-2-7-17-14)11-16-10-6-12-4-8-15-9-5-12/h2-5,7-9,16H,6,10-11H2,1H3. The fourth-order valence-corrected chi connectivity index (χ4v) is 1.75. The van der Waals surface area contributed by atoms with Crippen molar-refractivity contribution in [3.05, 3.63) is 54.0 Å². The average molecular weight is 243 g/mol. The average Bonchev–Trinajstić information content (AvgIpc) is 2.45. The first-order chi connectivity index (χ1) is 8.90. The summed E-state index contributed by atoms with van der Waals surface area (Å²) in [6.07, 6.45) is 6.36. The fourth-order valence-electron chi connectivity index (χ4n) is 1.75. The molecule has 1 N–H and O–H groups in total. The van der Waals surface area contributed by atoms with Crippen LogP contribution in [-0.4, -0.2) is 23.6 Å². The van der Waals surface area contributed by atoms with E-state index in [-0.39, 0.29) is 0 Å². The highest BCUT2D eigenvalue weighted by Crippen LogP contribution is 2.12. The van der Waals surface area contributed by atoms with Crippen LogP contribution in [0.25, 0.3) is 0 Å². The summed E-state index contributed by atoms with van der Waals surface area (Å²) < 4.78 is 5.20. The fraction of sp³-hybridized carbons (Fsp3) is 0.286. The molecule has 0 aromatic carbocycles. The molecule has 0 atom stereocenters. The smallest absolute Gasteiger partial charge is 0.217 e. The zero-order valence-corrected chi connectivity index (χ0v) is 10.5. The molecule has 2 aromatic heterocycles. The summed E-state index contributed by atoms with van der Waals surface area (Å²) in [6, 6.07) is 8.01. The van der Waals surface area contributed by atoms with Crippen molar-refractivity contribution in [2.45, 2.75) is 13.0 Å². The molecule has 2 heterocycles. The molecule has 0 aliphatic rings. The molecule has 4 heteroatoms. The summed E-state index contributed by atoms with van der Waals surface area (Å²) in [5, 5.41) is 3.38. The lowest BCUT2D eigenvalue weighted by molar-refractivity contribution is 0.390. The zero-order valence-electron chi connectivity index (χ0n) is 10.5. The molecule has 4 nitrogen and oxygen atoms in total. The van der Waals surface area contributed by atoms with Crippen LogP contribution in [-0.2, 0) is 13.0 Å². The quantitative estimate of drug-likeness (QED) is 0.786. The van der Waals surface area contributed by atoms with Crippen LogP contribution in [0.4, 0.5) is 0 Å². The van der Waals surface area contributed by atoms with E-state index < -0.39 is 0 Å². The van der Waals surface area contributed by atoms with E-state index >= 15 is 0 Å². The monoisotopic (exact) mass is 243 g/mol. The number of hydrogen-bond donors (Lipinski definition) is 1. The summed E-state index contributed by atoms with van der Waals surface area (Å²) in [5.74, 6) is 0.689. The normalized spacial score (nSPS) is 10.3. The van der Waals surface area contributed by atoms with E-state index in [0.29, 0.717) is 5.88 Å². The Morgan fingerprint density at radius 2 is 2.00 bits per heavy atom. The zero-order chi connectivity index (χ0) is 12.6. The molecule has 0 spiro atoms. The highest BCUT2D eigenvalue weighted by molar-refractivity contribution is 5.25. The van der Waals surface area contributed by atoms with Crippen molar-refractivity contribution in [1.29, 1.82) is 0 Å². The van der Waals surface area contributed by atoms with E-state index in [4.69, 9.17) is 4.74 Å². The lowest BCUT2D eigenvalue weighted by Crippen LogP contribution is -2.17. The van der Waals surface area contributed by atoms with Gasteiger partial charge in [-0.2, -0.15) is 0 Å². The van der Waals surface area contributed by atoms with E-state index in [0.717, 1.165) is 25.1 Å². The summed E-state index contributed by atoms with van der Waals surface area (Å²) in [7, 11) is 1.64. The minimum absolute atomic E-state index is 0.689. The molecule has 0 aliphatic carbocycles. The highest BCUT2D eigenvalue weighted by Gasteiger charge is 2.01. The van der Waals surface area contributed by atoms with Crippen LogP contribution in [0.1, 0.15) is 11.1 Å². The van der Waals surface area contributed by atoms with Crippen LogP contribution in [0.2, 0.25) is 0 Å². The molecular weight excluding hydrogens is 226 g/mol. The lowest BCUT2D eigenvalue weighted by atomic mass is 10.2. The van der Waals surface area contributed by atoms with Crippen molar-refractivity contribution >= 4 is 0 Å². The Labute approximate surface area is 107 Å². The molecule has 0 bridgehead atoms. The Bertz CT molecular complexity index is 473. The van der Waals surface area contributed by atoms with Crippen molar-refractivity contribution < 1.29 is 4.74 Å². The van der Waals surface area contributed by atoms with Crippen LogP contribution >= 0.6 is 0 Å². The van der Waals surface area contributed by atoms with Crippen LogP contribution in [0.3, 0.4) is 0 Å². The molecule has 0 unspecified atom stereocenters. The highest BCUT2D eigenvalue weighted by atomic mass is 16.5. The van der Waals surface area contributed by atoms with E-state index in [1.54, 1.807) is 13.3 Å². The van der Waals surface area contributed by atoms with Crippen molar-refractivity contribution in [2.75, 3.05) is 13.7 Å². The number of hydrogen-bond acceptors (Lipinski definition) is 4. The van der Waals surface area contributed by atoms with Gasteiger partial charge in [0.1, 0.15) is 0 Å². The Morgan fingerprint density at radius 3 is 2.78 bits per heavy atom. The summed E-state index contributed by atoms with van der Waals surface area (Å²) in [5.41, 5.74) is 2.37. The minimum Gasteiger partial charge on any atom is -0.481 e. The van der Waals surface area contributed by atoms with Gasteiger partial charge >= 0.3 is 0 Å². The third kappa shape index (κ3) is 3.53. The van der Waals surface area contributed by atoms with Gasteiger partial charge in [-0.25, -0.2) is 4.98 Å². The molecule has 2 rings (SSSR count). The number of nitrogens with one attached hydrogen (secondary N) is 1. The third-order valence-electron chi connectivity index (χ3n) is 2.70. The molecule has 0 radical (unpaired) electrons. The summed E-state index contributed by atoms with van der Waals surface area (Å²) in [4.78, 5) is 8.16. The van der Waals surface area contributed by atoms with Crippen LogP contribution in [0.15, 0.2) is 42.9 Å². The maximum absolute atomic E-state index is 5.20. The van der Waals surface area contributed by atoms with E-state index in [1.165, 1.54) is 5.56 Å². The van der Waals surface area contributed by atoms with Gasteiger partial charge in [-0.3, -0.25) is 4.98 Å². The molecule has 0 saturated carbocycles. The first-order valence-electron chi connectivity index (χ1n) is 5.97. The molecule has 0 saturated heterocycles. The minimum atomic E-state index is 0.689. The first-order valence-corrected chi connectivity index (χ1v) is 5.97. The van der Waals surface area contributed by atoms with E-state index in [2.05, 4.69) is 15.3 Å². The third-order valence-corrected chi connectivity index (χ3v) is 2.70. The summed E-state index contributed by atoms with van der Waals surface area (Å²) >= 11 is 0. The van der Waals surface area contributed by atoms with Gasteiger partial charge in [-0.1, -0.05) is 6.07 Å². The Balaban J connectivity index is 1.78. The van der Waals surface area contributed by atoms with Gasteiger partial charge in [0.2, 0.25) is 5.88 Å². The number of nitrogens with zero attached hydrogens (tertiary/aromatic N) is 2. The molecule has 0 aliphatic heterocycles. The molecule has 94 valence electrons. The van der Waals surface area contributed by atoms with Crippen molar-refractivity contribution in [2.24, 2.45) is 0 Å². The summed E-state index contributed by atoms with van der Waals surface area (Å²) in [6.45, 7) is 1.68. The number of rotatable bonds is 6. The van der Waals surface area contributed by atoms with Gasteiger partial charge in [0.15, 0.2) is 0 Å². The van der Waals surface area contributed by atoms with Crippen LogP contribution in [0.5, 0.6) is 5.88 Å². The second-order valence-corrected chi connectivity index (χ2v) is 3.95. The van der Waals surface area contributed by atoms with Gasteiger partial charge in [0.25, 0.3) is 0 Å². The van der Waals surface area contributed by atoms with Crippen LogP contribution < -0.4 is 10.1 Å².